The number of piperidine rings is 1. The Hall–Kier alpha value is -3.06. The lowest BCUT2D eigenvalue weighted by Crippen LogP contribution is -2.33. The average molecular weight is 378 g/mol. The molecule has 1 aliphatic rings. The molecule has 0 unspecified atom stereocenters. The van der Waals surface area contributed by atoms with Crippen LogP contribution in [0.15, 0.2) is 54.6 Å². The minimum Gasteiger partial charge on any atom is -0.492 e. The van der Waals surface area contributed by atoms with Gasteiger partial charge in [-0.25, -0.2) is 0 Å². The van der Waals surface area contributed by atoms with E-state index < -0.39 is 0 Å². The Morgan fingerprint density at radius 2 is 1.71 bits per heavy atom. The highest BCUT2D eigenvalue weighted by atomic mass is 16.5. The number of nitrogens with one attached hydrogen (secondary N) is 1. The maximum Gasteiger partial charge on any atom is 0.241 e. The van der Waals surface area contributed by atoms with Gasteiger partial charge in [0, 0.05) is 12.2 Å². The minimum atomic E-state index is 0.226. The molecule has 0 spiro atoms. The number of benzene rings is 2. The second-order valence-corrected chi connectivity index (χ2v) is 6.94. The second kappa shape index (κ2) is 8.75. The van der Waals surface area contributed by atoms with Gasteiger partial charge in [0.2, 0.25) is 11.9 Å². The van der Waals surface area contributed by atoms with E-state index in [1.54, 1.807) is 4.68 Å². The van der Waals surface area contributed by atoms with Gasteiger partial charge in [0.25, 0.3) is 0 Å². The Labute approximate surface area is 165 Å². The van der Waals surface area contributed by atoms with E-state index in [1.165, 1.54) is 32.4 Å². The molecule has 0 saturated carbocycles. The Balaban J connectivity index is 1.36. The summed E-state index contributed by atoms with van der Waals surface area (Å²) in [5.41, 5.74) is 7.60. The van der Waals surface area contributed by atoms with Crippen LogP contribution in [0, 0.1) is 0 Å². The molecule has 1 saturated heterocycles. The molecule has 3 aromatic rings. The summed E-state index contributed by atoms with van der Waals surface area (Å²) in [5.74, 6) is 1.66. The van der Waals surface area contributed by atoms with Gasteiger partial charge >= 0.3 is 0 Å². The molecule has 1 aliphatic heterocycles. The van der Waals surface area contributed by atoms with Gasteiger partial charge in [0.05, 0.1) is 5.69 Å². The number of anilines is 3. The van der Waals surface area contributed by atoms with Crippen LogP contribution in [0.3, 0.4) is 0 Å². The molecule has 1 fully saturated rings. The van der Waals surface area contributed by atoms with Crippen LogP contribution in [-0.2, 0) is 0 Å². The molecule has 0 atom stereocenters. The van der Waals surface area contributed by atoms with E-state index in [0.717, 1.165) is 23.7 Å². The number of likely N-dealkylation sites (tertiary alicyclic amines) is 1. The van der Waals surface area contributed by atoms with Crippen LogP contribution >= 0.6 is 0 Å². The SMILES string of the molecule is Nc1nc(Nc2ccc(OCCN3CCCCC3)cc2)n(-c2ccccc2)n1. The van der Waals surface area contributed by atoms with Crippen LogP contribution in [0.5, 0.6) is 5.75 Å². The molecule has 3 N–H and O–H groups in total. The molecule has 7 nitrogen and oxygen atoms in total. The first-order valence-electron chi connectivity index (χ1n) is 9.78. The van der Waals surface area contributed by atoms with Crippen molar-refractivity contribution in [2.45, 2.75) is 19.3 Å². The Morgan fingerprint density at radius 1 is 0.964 bits per heavy atom. The fourth-order valence-corrected chi connectivity index (χ4v) is 3.40. The number of nitrogens with zero attached hydrogens (tertiary/aromatic N) is 4. The maximum absolute atomic E-state index is 5.89. The van der Waals surface area contributed by atoms with Gasteiger partial charge in [-0.3, -0.25) is 4.90 Å². The summed E-state index contributed by atoms with van der Waals surface area (Å²) in [6.07, 6.45) is 3.96. The number of rotatable bonds is 7. The molecular weight excluding hydrogens is 352 g/mol. The van der Waals surface area contributed by atoms with Crippen LogP contribution in [-0.4, -0.2) is 45.9 Å². The number of para-hydroxylation sites is 1. The first-order valence-corrected chi connectivity index (χ1v) is 9.78. The van der Waals surface area contributed by atoms with Crippen molar-refractivity contribution in [3.8, 4) is 11.4 Å². The molecule has 0 aliphatic carbocycles. The molecule has 28 heavy (non-hydrogen) atoms. The van der Waals surface area contributed by atoms with E-state index in [0.29, 0.717) is 12.6 Å². The lowest BCUT2D eigenvalue weighted by atomic mass is 10.1. The zero-order valence-electron chi connectivity index (χ0n) is 15.9. The number of nitrogens with two attached hydrogens (primary N) is 1. The lowest BCUT2D eigenvalue weighted by Gasteiger charge is -2.26. The fraction of sp³-hybridized carbons (Fsp3) is 0.333. The third-order valence-electron chi connectivity index (χ3n) is 4.86. The van der Waals surface area contributed by atoms with Crippen LogP contribution < -0.4 is 15.8 Å². The monoisotopic (exact) mass is 378 g/mol. The number of hydrogen-bond donors (Lipinski definition) is 2. The van der Waals surface area contributed by atoms with Crippen molar-refractivity contribution in [2.75, 3.05) is 37.3 Å². The normalized spacial score (nSPS) is 14.7. The van der Waals surface area contributed by atoms with Crippen molar-refractivity contribution in [3.63, 3.8) is 0 Å². The zero-order valence-corrected chi connectivity index (χ0v) is 15.9. The predicted molar refractivity (Wildman–Crippen MR) is 111 cm³/mol. The van der Waals surface area contributed by atoms with Gasteiger partial charge in [-0.2, -0.15) is 9.67 Å². The molecule has 0 amide bonds. The number of ether oxygens (including phenoxy) is 1. The van der Waals surface area contributed by atoms with Crippen molar-refractivity contribution < 1.29 is 4.74 Å². The van der Waals surface area contributed by atoms with E-state index in [-0.39, 0.29) is 5.95 Å². The van der Waals surface area contributed by atoms with Crippen molar-refractivity contribution in [2.24, 2.45) is 0 Å². The Bertz CT molecular complexity index is 872. The van der Waals surface area contributed by atoms with Crippen LogP contribution in [0.4, 0.5) is 17.6 Å². The summed E-state index contributed by atoms with van der Waals surface area (Å²) in [7, 11) is 0. The van der Waals surface area contributed by atoms with Crippen molar-refractivity contribution in [1.29, 1.82) is 0 Å². The summed E-state index contributed by atoms with van der Waals surface area (Å²) in [6.45, 7) is 4.08. The molecule has 2 aromatic carbocycles. The Kier molecular flexibility index (Phi) is 5.72. The third kappa shape index (κ3) is 4.61. The number of nitrogen functional groups attached to an aromatic ring is 1. The topological polar surface area (TPSA) is 81.2 Å². The van der Waals surface area contributed by atoms with Gasteiger partial charge in [0.15, 0.2) is 0 Å². The summed E-state index contributed by atoms with van der Waals surface area (Å²) < 4.78 is 7.58. The number of aromatic nitrogens is 3. The van der Waals surface area contributed by atoms with Gasteiger partial charge in [-0.15, -0.1) is 5.10 Å². The second-order valence-electron chi connectivity index (χ2n) is 6.94. The van der Waals surface area contributed by atoms with Gasteiger partial charge < -0.3 is 15.8 Å². The van der Waals surface area contributed by atoms with Crippen molar-refractivity contribution >= 4 is 17.6 Å². The fourth-order valence-electron chi connectivity index (χ4n) is 3.40. The van der Waals surface area contributed by atoms with Crippen molar-refractivity contribution in [1.82, 2.24) is 19.7 Å². The maximum atomic E-state index is 5.89. The molecule has 7 heteroatoms. The standard InChI is InChI=1S/C21H26N6O/c22-20-24-21(27(25-20)18-7-3-1-4-8-18)23-17-9-11-19(12-10-17)28-16-15-26-13-5-2-6-14-26/h1,3-4,7-12H,2,5-6,13-16H2,(H3,22,23,24,25). The van der Waals surface area contributed by atoms with Crippen LogP contribution in [0.1, 0.15) is 19.3 Å². The smallest absolute Gasteiger partial charge is 0.241 e. The molecule has 1 aromatic heterocycles. The predicted octanol–water partition coefficient (Wildman–Crippen LogP) is 3.46. The molecule has 2 heterocycles. The quantitative estimate of drug-likeness (QED) is 0.655. The largest absolute Gasteiger partial charge is 0.492 e. The highest BCUT2D eigenvalue weighted by Crippen LogP contribution is 2.22. The van der Waals surface area contributed by atoms with Gasteiger partial charge in [0.1, 0.15) is 12.4 Å². The number of hydrogen-bond acceptors (Lipinski definition) is 6. The van der Waals surface area contributed by atoms with E-state index >= 15 is 0 Å². The third-order valence-corrected chi connectivity index (χ3v) is 4.86. The highest BCUT2D eigenvalue weighted by Gasteiger charge is 2.11. The first kappa shape index (κ1) is 18.3. The summed E-state index contributed by atoms with van der Waals surface area (Å²) in [4.78, 5) is 6.76. The van der Waals surface area contributed by atoms with Crippen molar-refractivity contribution in [3.05, 3.63) is 54.6 Å². The zero-order chi connectivity index (χ0) is 19.2. The lowest BCUT2D eigenvalue weighted by molar-refractivity contribution is 0.183. The molecule has 146 valence electrons. The van der Waals surface area contributed by atoms with Gasteiger partial charge in [-0.1, -0.05) is 24.6 Å². The molecule has 0 radical (unpaired) electrons. The molecule has 4 rings (SSSR count). The first-order chi connectivity index (χ1) is 13.8. The van der Waals surface area contributed by atoms with Gasteiger partial charge in [-0.05, 0) is 62.3 Å². The minimum absolute atomic E-state index is 0.226. The Morgan fingerprint density at radius 3 is 2.46 bits per heavy atom. The average Bonchev–Trinajstić information content (AvgIpc) is 3.11. The molecular formula is C21H26N6O. The van der Waals surface area contributed by atoms with Crippen LogP contribution in [0.2, 0.25) is 0 Å². The van der Waals surface area contributed by atoms with Crippen LogP contribution in [0.25, 0.3) is 5.69 Å². The van der Waals surface area contributed by atoms with E-state index in [2.05, 4.69) is 20.3 Å². The highest BCUT2D eigenvalue weighted by molar-refractivity contribution is 5.57. The van der Waals surface area contributed by atoms with E-state index in [9.17, 15) is 0 Å². The molecule has 0 bridgehead atoms. The summed E-state index contributed by atoms with van der Waals surface area (Å²) >= 11 is 0. The summed E-state index contributed by atoms with van der Waals surface area (Å²) in [5, 5.41) is 7.54. The van der Waals surface area contributed by atoms with E-state index in [4.69, 9.17) is 10.5 Å². The van der Waals surface area contributed by atoms with E-state index in [1.807, 2.05) is 54.6 Å². The summed E-state index contributed by atoms with van der Waals surface area (Å²) in [6, 6.07) is 17.6.